The van der Waals surface area contributed by atoms with Crippen LogP contribution in [0, 0.1) is 11.8 Å². The van der Waals surface area contributed by atoms with Gasteiger partial charge in [0.15, 0.2) is 0 Å². The number of aliphatic imine (C=N–C) groups is 1. The van der Waals surface area contributed by atoms with Gasteiger partial charge in [0, 0.05) is 5.92 Å². The van der Waals surface area contributed by atoms with Gasteiger partial charge in [-0.15, -0.1) is 0 Å². The molecule has 2 atom stereocenters. The zero-order chi connectivity index (χ0) is 8.97. The Hall–Kier alpha value is -0.760. The molecular formula is C8H11F2NO. The highest BCUT2D eigenvalue weighted by Crippen LogP contribution is 2.34. The SMILES string of the molecule is O=C=NCC1CCC(C(F)F)C1. The van der Waals surface area contributed by atoms with Gasteiger partial charge < -0.3 is 0 Å². The van der Waals surface area contributed by atoms with Crippen LogP contribution in [0.5, 0.6) is 0 Å². The van der Waals surface area contributed by atoms with Crippen LogP contribution >= 0.6 is 0 Å². The molecule has 1 aliphatic rings. The molecule has 1 aliphatic carbocycles. The number of rotatable bonds is 3. The molecule has 0 aromatic heterocycles. The summed E-state index contributed by atoms with van der Waals surface area (Å²) in [4.78, 5) is 13.1. The van der Waals surface area contributed by atoms with Crippen LogP contribution in [0.25, 0.3) is 0 Å². The molecule has 1 fully saturated rings. The highest BCUT2D eigenvalue weighted by atomic mass is 19.3. The maximum atomic E-state index is 12.1. The van der Waals surface area contributed by atoms with E-state index in [0.717, 1.165) is 6.42 Å². The van der Waals surface area contributed by atoms with E-state index in [4.69, 9.17) is 0 Å². The predicted octanol–water partition coefficient (Wildman–Crippen LogP) is 2.00. The molecule has 12 heavy (non-hydrogen) atoms. The lowest BCUT2D eigenvalue weighted by molar-refractivity contribution is 0.0787. The quantitative estimate of drug-likeness (QED) is 0.476. The van der Waals surface area contributed by atoms with E-state index in [9.17, 15) is 13.6 Å². The molecule has 0 aromatic carbocycles. The van der Waals surface area contributed by atoms with Crippen molar-refractivity contribution in [2.75, 3.05) is 6.54 Å². The Morgan fingerprint density at radius 3 is 2.75 bits per heavy atom. The van der Waals surface area contributed by atoms with E-state index in [1.807, 2.05) is 0 Å². The Bertz CT molecular complexity index is 189. The Kier molecular flexibility index (Phi) is 3.35. The van der Waals surface area contributed by atoms with E-state index in [1.54, 1.807) is 0 Å². The molecular weight excluding hydrogens is 164 g/mol. The van der Waals surface area contributed by atoms with Crippen LogP contribution < -0.4 is 0 Å². The summed E-state index contributed by atoms with van der Waals surface area (Å²) in [6.07, 6.45) is 1.05. The van der Waals surface area contributed by atoms with E-state index < -0.39 is 12.3 Å². The van der Waals surface area contributed by atoms with E-state index in [2.05, 4.69) is 4.99 Å². The van der Waals surface area contributed by atoms with Crippen LogP contribution in [-0.4, -0.2) is 19.1 Å². The molecule has 0 amide bonds. The van der Waals surface area contributed by atoms with E-state index in [-0.39, 0.29) is 5.92 Å². The third-order valence-corrected chi connectivity index (χ3v) is 2.35. The third-order valence-electron chi connectivity index (χ3n) is 2.35. The lowest BCUT2D eigenvalue weighted by atomic mass is 10.1. The van der Waals surface area contributed by atoms with Crippen molar-refractivity contribution >= 4 is 6.08 Å². The smallest absolute Gasteiger partial charge is 0.211 e. The fraction of sp³-hybridized carbons (Fsp3) is 0.875. The Morgan fingerprint density at radius 2 is 2.25 bits per heavy atom. The van der Waals surface area contributed by atoms with Gasteiger partial charge in [0.2, 0.25) is 12.5 Å². The van der Waals surface area contributed by atoms with Crippen molar-refractivity contribution in [3.63, 3.8) is 0 Å². The largest absolute Gasteiger partial charge is 0.241 e. The number of hydrogen-bond acceptors (Lipinski definition) is 2. The number of halogens is 2. The first-order valence-corrected chi connectivity index (χ1v) is 4.05. The van der Waals surface area contributed by atoms with Gasteiger partial charge in [0.25, 0.3) is 0 Å². The number of hydrogen-bond donors (Lipinski definition) is 0. The molecule has 0 aliphatic heterocycles. The molecule has 0 aromatic rings. The summed E-state index contributed by atoms with van der Waals surface area (Å²) in [6, 6.07) is 0. The van der Waals surface area contributed by atoms with Gasteiger partial charge in [-0.1, -0.05) is 0 Å². The van der Waals surface area contributed by atoms with Crippen LogP contribution in [-0.2, 0) is 4.79 Å². The standard InChI is InChI=1S/C8H11F2NO/c9-8(10)7-2-1-6(3-7)4-11-5-12/h6-8H,1-4H2. The third kappa shape index (κ3) is 2.38. The average Bonchev–Trinajstić information content (AvgIpc) is 2.48. The lowest BCUT2D eigenvalue weighted by Gasteiger charge is -2.07. The van der Waals surface area contributed by atoms with Crippen molar-refractivity contribution < 1.29 is 13.6 Å². The molecule has 0 spiro atoms. The molecule has 0 radical (unpaired) electrons. The van der Waals surface area contributed by atoms with Gasteiger partial charge in [0.1, 0.15) is 0 Å². The number of nitrogens with zero attached hydrogens (tertiary/aromatic N) is 1. The van der Waals surface area contributed by atoms with Crippen molar-refractivity contribution in [3.8, 4) is 0 Å². The Morgan fingerprint density at radius 1 is 1.50 bits per heavy atom. The summed E-state index contributed by atoms with van der Waals surface area (Å²) in [5, 5.41) is 0. The molecule has 0 N–H and O–H groups in total. The van der Waals surface area contributed by atoms with E-state index in [0.29, 0.717) is 19.4 Å². The number of carbonyl (C=O) groups excluding carboxylic acids is 1. The second kappa shape index (κ2) is 4.31. The molecule has 2 nitrogen and oxygen atoms in total. The van der Waals surface area contributed by atoms with Crippen LogP contribution in [0.2, 0.25) is 0 Å². The first kappa shape index (κ1) is 9.33. The molecule has 0 heterocycles. The minimum Gasteiger partial charge on any atom is -0.211 e. The van der Waals surface area contributed by atoms with Crippen LogP contribution in [0.15, 0.2) is 4.99 Å². The topological polar surface area (TPSA) is 29.4 Å². The summed E-state index contributed by atoms with van der Waals surface area (Å²) in [5.41, 5.74) is 0. The molecule has 0 saturated heterocycles. The fourth-order valence-corrected chi connectivity index (χ4v) is 1.67. The molecule has 68 valence electrons. The molecule has 4 heteroatoms. The second-order valence-corrected chi connectivity index (χ2v) is 3.21. The summed E-state index contributed by atoms with van der Waals surface area (Å²) in [6.45, 7) is 0.368. The molecule has 0 bridgehead atoms. The highest BCUT2D eigenvalue weighted by molar-refractivity contribution is 5.32. The Labute approximate surface area is 69.7 Å². The zero-order valence-electron chi connectivity index (χ0n) is 6.67. The predicted molar refractivity (Wildman–Crippen MR) is 39.8 cm³/mol. The fourth-order valence-electron chi connectivity index (χ4n) is 1.67. The average molecular weight is 175 g/mol. The van der Waals surface area contributed by atoms with Crippen LogP contribution in [0.1, 0.15) is 19.3 Å². The van der Waals surface area contributed by atoms with E-state index >= 15 is 0 Å². The summed E-state index contributed by atoms with van der Waals surface area (Å²) < 4.78 is 24.3. The van der Waals surface area contributed by atoms with Gasteiger partial charge in [-0.3, -0.25) is 0 Å². The van der Waals surface area contributed by atoms with Crippen LogP contribution in [0.4, 0.5) is 8.78 Å². The van der Waals surface area contributed by atoms with E-state index in [1.165, 1.54) is 6.08 Å². The van der Waals surface area contributed by atoms with Crippen molar-refractivity contribution in [3.05, 3.63) is 0 Å². The summed E-state index contributed by atoms with van der Waals surface area (Å²) in [5.74, 6) is -0.303. The highest BCUT2D eigenvalue weighted by Gasteiger charge is 2.30. The molecule has 1 saturated carbocycles. The minimum absolute atomic E-state index is 0.172. The van der Waals surface area contributed by atoms with Crippen molar-refractivity contribution in [2.45, 2.75) is 25.7 Å². The van der Waals surface area contributed by atoms with Gasteiger partial charge in [-0.2, -0.15) is 0 Å². The maximum Gasteiger partial charge on any atom is 0.241 e. The normalized spacial score (nSPS) is 28.9. The number of alkyl halides is 2. The Balaban J connectivity index is 2.30. The minimum atomic E-state index is -2.21. The van der Waals surface area contributed by atoms with Gasteiger partial charge in [-0.05, 0) is 25.2 Å². The van der Waals surface area contributed by atoms with Gasteiger partial charge >= 0.3 is 0 Å². The lowest BCUT2D eigenvalue weighted by Crippen LogP contribution is -2.07. The van der Waals surface area contributed by atoms with Crippen molar-refractivity contribution in [1.82, 2.24) is 0 Å². The monoisotopic (exact) mass is 175 g/mol. The first-order valence-electron chi connectivity index (χ1n) is 4.05. The number of isocyanates is 1. The van der Waals surface area contributed by atoms with Gasteiger partial charge in [-0.25, -0.2) is 18.6 Å². The molecule has 2 unspecified atom stereocenters. The first-order chi connectivity index (χ1) is 5.74. The zero-order valence-corrected chi connectivity index (χ0v) is 6.67. The maximum absolute atomic E-state index is 12.1. The van der Waals surface area contributed by atoms with Gasteiger partial charge in [0.05, 0.1) is 6.54 Å². The van der Waals surface area contributed by atoms with Crippen molar-refractivity contribution in [2.24, 2.45) is 16.8 Å². The molecule has 1 rings (SSSR count). The van der Waals surface area contributed by atoms with Crippen molar-refractivity contribution in [1.29, 1.82) is 0 Å². The second-order valence-electron chi connectivity index (χ2n) is 3.21. The summed E-state index contributed by atoms with van der Waals surface area (Å²) >= 11 is 0. The summed E-state index contributed by atoms with van der Waals surface area (Å²) in [7, 11) is 0. The van der Waals surface area contributed by atoms with Crippen LogP contribution in [0.3, 0.4) is 0 Å².